The molecule has 1 aliphatic carbocycles. The van der Waals surface area contributed by atoms with Crippen molar-refractivity contribution >= 4 is 6.03 Å². The van der Waals surface area contributed by atoms with Crippen LogP contribution >= 0.6 is 0 Å². The fraction of sp³-hybridized carbons (Fsp3) is 0.667. The monoisotopic (exact) mass is 217 g/mol. The average molecular weight is 217 g/mol. The van der Waals surface area contributed by atoms with Gasteiger partial charge in [-0.15, -0.1) is 0 Å². The van der Waals surface area contributed by atoms with E-state index >= 15 is 0 Å². The van der Waals surface area contributed by atoms with Gasteiger partial charge in [0.1, 0.15) is 0 Å². The maximum absolute atomic E-state index is 12.8. The maximum Gasteiger partial charge on any atom is 0.319 e. The summed E-state index contributed by atoms with van der Waals surface area (Å²) in [6.07, 6.45) is -0.490. The number of hydrogen-bond donors (Lipinski definition) is 3. The van der Waals surface area contributed by atoms with Gasteiger partial charge >= 0.3 is 6.03 Å². The number of nitrogens with one attached hydrogen (secondary N) is 2. The second-order valence-corrected chi connectivity index (χ2v) is 4.19. The molecule has 4 nitrogen and oxygen atoms in total. The first kappa shape index (κ1) is 10.4. The van der Waals surface area contributed by atoms with Crippen molar-refractivity contribution in [2.75, 3.05) is 6.54 Å². The first-order chi connectivity index (χ1) is 6.89. The predicted octanol–water partition coefficient (Wildman–Crippen LogP) is 0.556. The van der Waals surface area contributed by atoms with Crippen LogP contribution in [0.15, 0.2) is 12.3 Å². The van der Waals surface area contributed by atoms with E-state index in [-0.39, 0.29) is 25.3 Å². The lowest BCUT2D eigenvalue weighted by Gasteiger charge is -2.45. The number of hydrogen-bond acceptors (Lipinski definition) is 2. The summed E-state index contributed by atoms with van der Waals surface area (Å²) in [7, 11) is 0. The predicted molar refractivity (Wildman–Crippen MR) is 50.3 cm³/mol. The molecular formula is C9H13F2N3O. The second kappa shape index (κ2) is 2.91. The molecular weight excluding hydrogens is 204 g/mol. The zero-order valence-electron chi connectivity index (χ0n) is 8.15. The Bertz CT molecular complexity index is 323. The summed E-state index contributed by atoms with van der Waals surface area (Å²) in [4.78, 5) is 11.1. The summed E-state index contributed by atoms with van der Waals surface area (Å²) in [6, 6.07) is -0.416. The van der Waals surface area contributed by atoms with Crippen molar-refractivity contribution in [3.8, 4) is 0 Å². The molecule has 1 saturated heterocycles. The highest BCUT2D eigenvalue weighted by atomic mass is 19.3. The summed E-state index contributed by atoms with van der Waals surface area (Å²) < 4.78 is 25.5. The number of alkyl halides is 2. The highest BCUT2D eigenvalue weighted by molar-refractivity contribution is 5.81. The number of carbonyl (C=O) groups is 1. The van der Waals surface area contributed by atoms with E-state index in [2.05, 4.69) is 17.2 Å². The third-order valence-corrected chi connectivity index (χ3v) is 3.25. The molecule has 1 heterocycles. The molecule has 2 fully saturated rings. The Morgan fingerprint density at radius 2 is 2.13 bits per heavy atom. The fourth-order valence-electron chi connectivity index (χ4n) is 2.26. The zero-order chi connectivity index (χ0) is 11.3. The third kappa shape index (κ3) is 1.40. The number of carbonyl (C=O) groups excluding carboxylic acids is 1. The SMILES string of the molecule is C=C1NC(=O)NC1(CN)C1CC(F)(F)C1. The van der Waals surface area contributed by atoms with Crippen LogP contribution < -0.4 is 16.4 Å². The van der Waals surface area contributed by atoms with Crippen LogP contribution in [0.3, 0.4) is 0 Å². The van der Waals surface area contributed by atoms with Gasteiger partial charge in [-0.3, -0.25) is 0 Å². The van der Waals surface area contributed by atoms with Crippen molar-refractivity contribution in [1.82, 2.24) is 10.6 Å². The number of nitrogens with two attached hydrogens (primary N) is 1. The van der Waals surface area contributed by atoms with Crippen molar-refractivity contribution < 1.29 is 13.6 Å². The van der Waals surface area contributed by atoms with E-state index in [1.54, 1.807) is 0 Å². The van der Waals surface area contributed by atoms with Crippen LogP contribution in [0.5, 0.6) is 0 Å². The van der Waals surface area contributed by atoms with Gasteiger partial charge in [-0.05, 0) is 0 Å². The van der Waals surface area contributed by atoms with Crippen LogP contribution in [0.25, 0.3) is 0 Å². The Morgan fingerprint density at radius 3 is 2.47 bits per heavy atom. The molecule has 2 aliphatic rings. The molecule has 0 aromatic heterocycles. The molecule has 0 aromatic carbocycles. The molecule has 0 radical (unpaired) electrons. The third-order valence-electron chi connectivity index (χ3n) is 3.25. The number of rotatable bonds is 2. The summed E-state index contributed by atoms with van der Waals surface area (Å²) in [5.41, 5.74) is 5.07. The van der Waals surface area contributed by atoms with Crippen molar-refractivity contribution in [2.45, 2.75) is 24.3 Å². The molecule has 0 spiro atoms. The Kier molecular flexibility index (Phi) is 2.01. The van der Waals surface area contributed by atoms with E-state index in [1.807, 2.05) is 0 Å². The molecule has 1 atom stereocenters. The quantitative estimate of drug-likeness (QED) is 0.632. The van der Waals surface area contributed by atoms with Gasteiger partial charge in [0, 0.05) is 31.0 Å². The Labute approximate surface area is 85.9 Å². The van der Waals surface area contributed by atoms with E-state index in [9.17, 15) is 13.6 Å². The molecule has 0 aromatic rings. The first-order valence-electron chi connectivity index (χ1n) is 4.76. The van der Waals surface area contributed by atoms with Crippen LogP contribution in [0.2, 0.25) is 0 Å². The minimum atomic E-state index is -2.62. The topological polar surface area (TPSA) is 67.2 Å². The van der Waals surface area contributed by atoms with Crippen LogP contribution in [0.1, 0.15) is 12.8 Å². The highest BCUT2D eigenvalue weighted by Gasteiger charge is 2.58. The molecule has 6 heteroatoms. The molecule has 2 amide bonds. The smallest absolute Gasteiger partial charge is 0.319 e. The average Bonchev–Trinajstić information content (AvgIpc) is 2.37. The van der Waals surface area contributed by atoms with Crippen molar-refractivity contribution in [3.63, 3.8) is 0 Å². The van der Waals surface area contributed by atoms with Crippen LogP contribution in [-0.2, 0) is 0 Å². The van der Waals surface area contributed by atoms with E-state index in [4.69, 9.17) is 5.73 Å². The molecule has 84 valence electrons. The van der Waals surface area contributed by atoms with Gasteiger partial charge < -0.3 is 16.4 Å². The molecule has 15 heavy (non-hydrogen) atoms. The lowest BCUT2D eigenvalue weighted by Crippen LogP contribution is -2.60. The Balaban J connectivity index is 2.17. The lowest BCUT2D eigenvalue weighted by molar-refractivity contribution is -0.127. The second-order valence-electron chi connectivity index (χ2n) is 4.19. The normalized spacial score (nSPS) is 34.6. The van der Waals surface area contributed by atoms with Crippen LogP contribution in [-0.4, -0.2) is 24.0 Å². The van der Waals surface area contributed by atoms with Gasteiger partial charge in [0.2, 0.25) is 5.92 Å². The van der Waals surface area contributed by atoms with Crippen molar-refractivity contribution in [3.05, 3.63) is 12.3 Å². The minimum Gasteiger partial charge on any atom is -0.328 e. The van der Waals surface area contributed by atoms with Gasteiger partial charge in [0.25, 0.3) is 0 Å². The van der Waals surface area contributed by atoms with E-state index < -0.39 is 17.5 Å². The Morgan fingerprint density at radius 1 is 1.53 bits per heavy atom. The maximum atomic E-state index is 12.8. The lowest BCUT2D eigenvalue weighted by atomic mass is 9.67. The number of amides is 2. The van der Waals surface area contributed by atoms with Crippen molar-refractivity contribution in [1.29, 1.82) is 0 Å². The zero-order valence-corrected chi connectivity index (χ0v) is 8.15. The van der Waals surface area contributed by atoms with Gasteiger partial charge in [-0.1, -0.05) is 6.58 Å². The molecule has 1 aliphatic heterocycles. The minimum absolute atomic E-state index is 0.0886. The van der Waals surface area contributed by atoms with Crippen molar-refractivity contribution in [2.24, 2.45) is 11.7 Å². The van der Waals surface area contributed by atoms with Crippen LogP contribution in [0, 0.1) is 5.92 Å². The van der Waals surface area contributed by atoms with Gasteiger partial charge in [-0.25, -0.2) is 13.6 Å². The summed E-state index contributed by atoms with van der Waals surface area (Å²) in [5.74, 6) is -2.95. The summed E-state index contributed by atoms with van der Waals surface area (Å²) >= 11 is 0. The number of urea groups is 1. The highest BCUT2D eigenvalue weighted by Crippen LogP contribution is 2.49. The van der Waals surface area contributed by atoms with E-state index in [0.29, 0.717) is 5.70 Å². The standard InChI is InChI=1S/C9H13F2N3O/c1-5-9(4-12,14-7(15)13-5)6-2-8(10,11)3-6/h6H,1-4,12H2,(H2,13,14,15). The molecule has 0 bridgehead atoms. The van der Waals surface area contributed by atoms with Gasteiger partial charge in [-0.2, -0.15) is 0 Å². The summed E-state index contributed by atoms with van der Waals surface area (Å²) in [6.45, 7) is 3.75. The van der Waals surface area contributed by atoms with E-state index in [1.165, 1.54) is 0 Å². The van der Waals surface area contributed by atoms with Crippen LogP contribution in [0.4, 0.5) is 13.6 Å². The van der Waals surface area contributed by atoms with Gasteiger partial charge in [0.05, 0.1) is 5.54 Å². The largest absolute Gasteiger partial charge is 0.328 e. The fourth-order valence-corrected chi connectivity index (χ4v) is 2.26. The first-order valence-corrected chi connectivity index (χ1v) is 4.76. The number of halogens is 2. The van der Waals surface area contributed by atoms with Gasteiger partial charge in [0.15, 0.2) is 0 Å². The summed E-state index contributed by atoms with van der Waals surface area (Å²) in [5, 5.41) is 5.06. The van der Waals surface area contributed by atoms with E-state index in [0.717, 1.165) is 0 Å². The molecule has 1 saturated carbocycles. The molecule has 2 rings (SSSR count). The Hall–Kier alpha value is -1.17. The molecule has 1 unspecified atom stereocenters. The molecule has 4 N–H and O–H groups in total.